The van der Waals surface area contributed by atoms with Gasteiger partial charge in [0.1, 0.15) is 0 Å². The maximum absolute atomic E-state index is 14.0. The first-order chi connectivity index (χ1) is 13.5. The fourth-order valence-corrected chi connectivity index (χ4v) is 3.23. The van der Waals surface area contributed by atoms with E-state index in [2.05, 4.69) is 16.8 Å². The van der Waals surface area contributed by atoms with Crippen molar-refractivity contribution in [3.8, 4) is 17.7 Å². The highest BCUT2D eigenvalue weighted by Crippen LogP contribution is 2.22. The summed E-state index contributed by atoms with van der Waals surface area (Å²) in [6.45, 7) is 0. The number of benzene rings is 1. The molecule has 0 saturated heterocycles. The smallest absolute Gasteiger partial charge is 0.357 e. The van der Waals surface area contributed by atoms with Gasteiger partial charge in [0.25, 0.3) is 0 Å². The molecule has 12 heteroatoms. The van der Waals surface area contributed by atoms with E-state index in [0.29, 0.717) is 0 Å². The number of ether oxygens (including phenoxy) is 1. The molecule has 0 spiro atoms. The molecule has 6 N–H and O–H groups in total. The molecule has 152 valence electrons. The molecule has 0 bridgehead atoms. The van der Waals surface area contributed by atoms with Gasteiger partial charge in [-0.15, -0.1) is 0 Å². The molecule has 2 aromatic rings. The van der Waals surface area contributed by atoms with E-state index in [0.717, 1.165) is 18.4 Å². The van der Waals surface area contributed by atoms with Crippen molar-refractivity contribution in [3.63, 3.8) is 0 Å². The highest BCUT2D eigenvalue weighted by molar-refractivity contribution is 7.90. The molecule has 1 aromatic heterocycles. The number of sulfone groups is 1. The lowest BCUT2D eigenvalue weighted by molar-refractivity contribution is -0.132. The van der Waals surface area contributed by atoms with Gasteiger partial charge in [0.05, 0.1) is 9.92 Å². The molecular formula is C17H14ClFN4O5S. The van der Waals surface area contributed by atoms with Gasteiger partial charge in [0.2, 0.25) is 11.8 Å². The Bertz CT molecular complexity index is 1170. The van der Waals surface area contributed by atoms with Crippen LogP contribution in [0.15, 0.2) is 46.8 Å². The number of halogens is 2. The first kappa shape index (κ1) is 22.0. The average Bonchev–Trinajstić information content (AvgIpc) is 2.65. The van der Waals surface area contributed by atoms with Gasteiger partial charge in [0.15, 0.2) is 27.0 Å². The molecular weight excluding hydrogens is 427 g/mol. The van der Waals surface area contributed by atoms with Crippen molar-refractivity contribution in [1.82, 2.24) is 10.4 Å². The van der Waals surface area contributed by atoms with Crippen LogP contribution in [-0.4, -0.2) is 30.7 Å². The number of hydrazine groups is 1. The summed E-state index contributed by atoms with van der Waals surface area (Å²) < 4.78 is 42.5. The summed E-state index contributed by atoms with van der Waals surface area (Å²) in [4.78, 5) is 14.6. The minimum absolute atomic E-state index is 0.0300. The third-order valence-corrected chi connectivity index (χ3v) is 4.87. The van der Waals surface area contributed by atoms with E-state index in [1.165, 1.54) is 18.2 Å². The topological polar surface area (TPSA) is 158 Å². The lowest BCUT2D eigenvalue weighted by Crippen LogP contribution is -2.31. The molecule has 1 aromatic carbocycles. The number of rotatable bonds is 5. The van der Waals surface area contributed by atoms with E-state index in [4.69, 9.17) is 33.0 Å². The number of pyridine rings is 1. The van der Waals surface area contributed by atoms with Crippen molar-refractivity contribution >= 4 is 27.4 Å². The Kier molecular flexibility index (Phi) is 6.65. The lowest BCUT2D eigenvalue weighted by atomic mass is 10.2. The van der Waals surface area contributed by atoms with Gasteiger partial charge in [-0.25, -0.2) is 28.4 Å². The van der Waals surface area contributed by atoms with Crippen molar-refractivity contribution in [3.05, 3.63) is 64.0 Å². The van der Waals surface area contributed by atoms with Crippen LogP contribution in [0.4, 0.5) is 4.39 Å². The zero-order valence-electron chi connectivity index (χ0n) is 14.7. The molecule has 0 saturated carbocycles. The molecule has 0 aliphatic rings. The van der Waals surface area contributed by atoms with E-state index in [-0.39, 0.29) is 27.1 Å². The van der Waals surface area contributed by atoms with Gasteiger partial charge in [-0.3, -0.25) is 5.43 Å². The molecule has 0 radical (unpaired) electrons. The number of nitrogens with two attached hydrogens (primary N) is 2. The second kappa shape index (κ2) is 8.78. The van der Waals surface area contributed by atoms with Crippen LogP contribution in [-0.2, 0) is 14.6 Å². The number of nitrogens with one attached hydrogen (secondary N) is 1. The van der Waals surface area contributed by atoms with E-state index in [1.807, 2.05) is 5.43 Å². The molecule has 0 aliphatic heterocycles. The largest absolute Gasteiger partial charge is 0.476 e. The molecule has 0 aliphatic carbocycles. The molecule has 0 fully saturated rings. The lowest BCUT2D eigenvalue weighted by Gasteiger charge is -2.10. The number of hydrogen-bond donors (Lipinski definition) is 4. The number of carboxylic acids is 1. The maximum Gasteiger partial charge on any atom is 0.357 e. The Morgan fingerprint density at radius 1 is 1.31 bits per heavy atom. The van der Waals surface area contributed by atoms with Crippen LogP contribution >= 0.6 is 11.6 Å². The van der Waals surface area contributed by atoms with Gasteiger partial charge in [-0.1, -0.05) is 17.5 Å². The summed E-state index contributed by atoms with van der Waals surface area (Å²) in [5, 5.41) is 8.89. The van der Waals surface area contributed by atoms with Crippen LogP contribution in [0.2, 0.25) is 5.02 Å². The van der Waals surface area contributed by atoms with E-state index in [9.17, 15) is 17.6 Å². The van der Waals surface area contributed by atoms with Crippen LogP contribution in [0.3, 0.4) is 0 Å². The monoisotopic (exact) mass is 440 g/mol. The van der Waals surface area contributed by atoms with Crippen LogP contribution in [0, 0.1) is 17.7 Å². The second-order valence-electron chi connectivity index (χ2n) is 5.44. The van der Waals surface area contributed by atoms with Crippen LogP contribution in [0.25, 0.3) is 0 Å². The van der Waals surface area contributed by atoms with Crippen LogP contribution < -0.4 is 21.7 Å². The summed E-state index contributed by atoms with van der Waals surface area (Å²) in [5.41, 5.74) is 6.45. The second-order valence-corrected chi connectivity index (χ2v) is 7.83. The van der Waals surface area contributed by atoms with Crippen LogP contribution in [0.1, 0.15) is 11.3 Å². The number of aromatic nitrogens is 1. The van der Waals surface area contributed by atoms with Gasteiger partial charge >= 0.3 is 5.97 Å². The predicted octanol–water partition coefficient (Wildman–Crippen LogP) is 0.732. The number of aliphatic carboxylic acids is 1. The average molecular weight is 441 g/mol. The SMILES string of the molecule is CS(=O)(=O)c1cc(C#Cc2nc(O/C(NN)=C(/N)C(=O)O)ccc2F)ccc1Cl. The molecule has 0 unspecified atom stereocenters. The molecule has 2 rings (SSSR count). The third-order valence-electron chi connectivity index (χ3n) is 3.29. The van der Waals surface area contributed by atoms with E-state index in [1.54, 1.807) is 0 Å². The van der Waals surface area contributed by atoms with Gasteiger partial charge in [-0.05, 0) is 30.2 Å². The van der Waals surface area contributed by atoms with Crippen molar-refractivity contribution in [2.24, 2.45) is 11.6 Å². The molecule has 9 nitrogen and oxygen atoms in total. The van der Waals surface area contributed by atoms with Crippen molar-refractivity contribution in [2.45, 2.75) is 4.90 Å². The summed E-state index contributed by atoms with van der Waals surface area (Å²) in [6, 6.07) is 6.15. The number of carbonyl (C=O) groups is 1. The maximum atomic E-state index is 14.0. The van der Waals surface area contributed by atoms with Crippen molar-refractivity contribution < 1.29 is 27.4 Å². The predicted molar refractivity (Wildman–Crippen MR) is 102 cm³/mol. The zero-order valence-corrected chi connectivity index (χ0v) is 16.3. The van der Waals surface area contributed by atoms with Crippen LogP contribution in [0.5, 0.6) is 5.88 Å². The first-order valence-electron chi connectivity index (χ1n) is 7.58. The third kappa shape index (κ3) is 5.58. The Balaban J connectivity index is 2.41. The summed E-state index contributed by atoms with van der Waals surface area (Å²) in [6.07, 6.45) is 0.993. The fourth-order valence-electron chi connectivity index (χ4n) is 1.93. The highest BCUT2D eigenvalue weighted by Gasteiger charge is 2.14. The molecule has 1 heterocycles. The zero-order chi connectivity index (χ0) is 21.8. The summed E-state index contributed by atoms with van der Waals surface area (Å²) in [7, 11) is -3.58. The molecule has 29 heavy (non-hydrogen) atoms. The molecule has 0 atom stereocenters. The minimum Gasteiger partial charge on any atom is -0.476 e. The quantitative estimate of drug-likeness (QED) is 0.173. The van der Waals surface area contributed by atoms with Gasteiger partial charge in [-0.2, -0.15) is 0 Å². The standard InChI is InChI=1S/C17H14ClFN4O5S/c1-29(26,27)13-8-9(2-4-10(13)18)3-6-12-11(19)5-7-14(22-12)28-16(23-21)15(20)17(24)25/h2,4-5,7-8,23H,20-21H2,1H3,(H,24,25)/b16-15+. The van der Waals surface area contributed by atoms with E-state index >= 15 is 0 Å². The number of carboxylic acid groups (broad SMARTS) is 1. The highest BCUT2D eigenvalue weighted by atomic mass is 35.5. The van der Waals surface area contributed by atoms with Crippen molar-refractivity contribution in [2.75, 3.05) is 6.26 Å². The number of hydrogen-bond acceptors (Lipinski definition) is 8. The van der Waals surface area contributed by atoms with Gasteiger partial charge < -0.3 is 15.6 Å². The Morgan fingerprint density at radius 3 is 2.59 bits per heavy atom. The number of nitrogens with zero attached hydrogens (tertiary/aromatic N) is 1. The van der Waals surface area contributed by atoms with E-state index < -0.39 is 33.2 Å². The van der Waals surface area contributed by atoms with Crippen molar-refractivity contribution in [1.29, 1.82) is 0 Å². The summed E-state index contributed by atoms with van der Waals surface area (Å²) in [5.74, 6) is 7.14. The Hall–Kier alpha value is -3.33. The normalized spacial score (nSPS) is 11.7. The molecule has 0 amide bonds. The minimum atomic E-state index is -3.58. The Labute approximate surface area is 170 Å². The fraction of sp³-hybridized carbons (Fsp3) is 0.0588. The Morgan fingerprint density at radius 2 is 2.00 bits per heavy atom. The van der Waals surface area contributed by atoms with Gasteiger partial charge in [0, 0.05) is 17.9 Å². The first-order valence-corrected chi connectivity index (χ1v) is 9.85. The summed E-state index contributed by atoms with van der Waals surface area (Å²) >= 11 is 5.87.